The van der Waals surface area contributed by atoms with E-state index in [1.165, 1.54) is 5.56 Å². The van der Waals surface area contributed by atoms with Gasteiger partial charge in [0.15, 0.2) is 0 Å². The van der Waals surface area contributed by atoms with Crippen LogP contribution in [0.1, 0.15) is 31.7 Å². The molecule has 0 heterocycles. The molecule has 1 aromatic carbocycles. The molecular weight excluding hydrogens is 212 g/mol. The molecule has 0 fully saturated rings. The van der Waals surface area contributed by atoms with Crippen molar-refractivity contribution in [3.05, 3.63) is 35.9 Å². The van der Waals surface area contributed by atoms with E-state index in [4.69, 9.17) is 0 Å². The highest BCUT2D eigenvalue weighted by atomic mass is 16.2. The lowest BCUT2D eigenvalue weighted by molar-refractivity contribution is 0.240. The highest BCUT2D eigenvalue weighted by Crippen LogP contribution is 2.01. The first-order chi connectivity index (χ1) is 8.33. The molecule has 0 aliphatic rings. The van der Waals surface area contributed by atoms with E-state index in [1.807, 2.05) is 18.2 Å². The molecule has 0 saturated heterocycles. The lowest BCUT2D eigenvalue weighted by Crippen LogP contribution is -2.36. The van der Waals surface area contributed by atoms with Crippen molar-refractivity contribution in [2.75, 3.05) is 13.1 Å². The molecule has 17 heavy (non-hydrogen) atoms. The van der Waals surface area contributed by atoms with Crippen molar-refractivity contribution >= 4 is 6.03 Å². The normalized spacial score (nSPS) is 9.94. The standard InChI is InChI=1S/C14H22N2O/c1-2-3-11-15-14(17)16-12-7-10-13-8-5-4-6-9-13/h4-6,8-9H,2-3,7,10-12H2,1H3,(H2,15,16,17). The van der Waals surface area contributed by atoms with Crippen molar-refractivity contribution < 1.29 is 4.79 Å². The number of hydrogen-bond donors (Lipinski definition) is 2. The molecule has 0 bridgehead atoms. The number of carbonyl (C=O) groups is 1. The topological polar surface area (TPSA) is 41.1 Å². The second-order valence-corrected chi connectivity index (χ2v) is 4.13. The first kappa shape index (κ1) is 13.6. The first-order valence-corrected chi connectivity index (χ1v) is 6.38. The number of carbonyl (C=O) groups excluding carboxylic acids is 1. The molecule has 0 unspecified atom stereocenters. The van der Waals surface area contributed by atoms with Crippen LogP contribution in [0.15, 0.2) is 30.3 Å². The van der Waals surface area contributed by atoms with E-state index >= 15 is 0 Å². The van der Waals surface area contributed by atoms with Gasteiger partial charge in [-0.25, -0.2) is 4.79 Å². The molecule has 0 atom stereocenters. The van der Waals surface area contributed by atoms with Crippen molar-refractivity contribution in [1.82, 2.24) is 10.6 Å². The molecular formula is C14H22N2O. The Morgan fingerprint density at radius 1 is 1.06 bits per heavy atom. The zero-order valence-electron chi connectivity index (χ0n) is 10.5. The number of amides is 2. The van der Waals surface area contributed by atoms with Gasteiger partial charge in [0.2, 0.25) is 0 Å². The minimum atomic E-state index is -0.0495. The summed E-state index contributed by atoms with van der Waals surface area (Å²) in [5, 5.41) is 5.69. The first-order valence-electron chi connectivity index (χ1n) is 6.38. The lowest BCUT2D eigenvalue weighted by atomic mass is 10.1. The van der Waals surface area contributed by atoms with E-state index in [0.717, 1.165) is 38.8 Å². The maximum Gasteiger partial charge on any atom is 0.314 e. The summed E-state index contributed by atoms with van der Waals surface area (Å²) >= 11 is 0. The number of rotatable bonds is 7. The molecule has 1 aromatic rings. The van der Waals surface area contributed by atoms with E-state index in [0.29, 0.717) is 0 Å². The van der Waals surface area contributed by atoms with Crippen LogP contribution in [0.25, 0.3) is 0 Å². The van der Waals surface area contributed by atoms with Gasteiger partial charge in [-0.3, -0.25) is 0 Å². The van der Waals surface area contributed by atoms with Crippen LogP contribution in [0, 0.1) is 0 Å². The number of nitrogens with one attached hydrogen (secondary N) is 2. The highest BCUT2D eigenvalue weighted by Gasteiger charge is 1.98. The lowest BCUT2D eigenvalue weighted by Gasteiger charge is -2.06. The molecule has 3 nitrogen and oxygen atoms in total. The molecule has 2 N–H and O–H groups in total. The Bertz CT molecular complexity index is 311. The Morgan fingerprint density at radius 3 is 2.35 bits per heavy atom. The smallest absolute Gasteiger partial charge is 0.314 e. The molecule has 0 spiro atoms. The number of benzene rings is 1. The molecule has 1 rings (SSSR count). The zero-order chi connectivity index (χ0) is 12.3. The summed E-state index contributed by atoms with van der Waals surface area (Å²) in [7, 11) is 0. The van der Waals surface area contributed by atoms with Crippen molar-refractivity contribution in [3.63, 3.8) is 0 Å². The minimum absolute atomic E-state index is 0.0495. The van der Waals surface area contributed by atoms with Crippen LogP contribution in [-0.2, 0) is 6.42 Å². The molecule has 2 amide bonds. The quantitative estimate of drug-likeness (QED) is 0.700. The third-order valence-electron chi connectivity index (χ3n) is 2.59. The van der Waals surface area contributed by atoms with Crippen molar-refractivity contribution in [2.45, 2.75) is 32.6 Å². The fourth-order valence-electron chi connectivity index (χ4n) is 1.58. The summed E-state index contributed by atoms with van der Waals surface area (Å²) in [5.41, 5.74) is 1.32. The SMILES string of the molecule is CCCCNC(=O)NCCCc1ccccc1. The van der Waals surface area contributed by atoms with E-state index in [-0.39, 0.29) is 6.03 Å². The Labute approximate surface area is 104 Å². The van der Waals surface area contributed by atoms with Gasteiger partial charge >= 0.3 is 6.03 Å². The average molecular weight is 234 g/mol. The van der Waals surface area contributed by atoms with Crippen LogP contribution >= 0.6 is 0 Å². The molecule has 0 saturated carbocycles. The number of unbranched alkanes of at least 4 members (excludes halogenated alkanes) is 1. The van der Waals surface area contributed by atoms with Gasteiger partial charge in [0, 0.05) is 13.1 Å². The fraction of sp³-hybridized carbons (Fsp3) is 0.500. The predicted octanol–water partition coefficient (Wildman–Crippen LogP) is 2.72. The summed E-state index contributed by atoms with van der Waals surface area (Å²) in [6, 6.07) is 10.3. The molecule has 0 aliphatic heterocycles. The van der Waals surface area contributed by atoms with Crippen LogP contribution in [0.2, 0.25) is 0 Å². The maximum absolute atomic E-state index is 11.3. The van der Waals surface area contributed by atoms with Crippen LogP contribution in [-0.4, -0.2) is 19.1 Å². The number of aryl methyl sites for hydroxylation is 1. The van der Waals surface area contributed by atoms with Crippen molar-refractivity contribution in [2.24, 2.45) is 0 Å². The van der Waals surface area contributed by atoms with Crippen LogP contribution in [0.3, 0.4) is 0 Å². The van der Waals surface area contributed by atoms with Gasteiger partial charge in [0.05, 0.1) is 0 Å². The van der Waals surface area contributed by atoms with Gasteiger partial charge in [-0.2, -0.15) is 0 Å². The minimum Gasteiger partial charge on any atom is -0.338 e. The van der Waals surface area contributed by atoms with Crippen molar-refractivity contribution in [1.29, 1.82) is 0 Å². The van der Waals surface area contributed by atoms with E-state index in [9.17, 15) is 4.79 Å². The molecule has 0 aliphatic carbocycles. The second-order valence-electron chi connectivity index (χ2n) is 4.13. The summed E-state index contributed by atoms with van der Waals surface area (Å²) in [6.07, 6.45) is 4.13. The van der Waals surface area contributed by atoms with Crippen LogP contribution in [0.4, 0.5) is 4.79 Å². The Hall–Kier alpha value is -1.51. The predicted molar refractivity (Wildman–Crippen MR) is 71.1 cm³/mol. The van der Waals surface area contributed by atoms with E-state index < -0.39 is 0 Å². The maximum atomic E-state index is 11.3. The molecule has 0 aromatic heterocycles. The van der Waals surface area contributed by atoms with Crippen LogP contribution in [0.5, 0.6) is 0 Å². The van der Waals surface area contributed by atoms with Crippen LogP contribution < -0.4 is 10.6 Å². The van der Waals surface area contributed by atoms with Crippen molar-refractivity contribution in [3.8, 4) is 0 Å². The summed E-state index contributed by atoms with van der Waals surface area (Å²) in [5.74, 6) is 0. The van der Waals surface area contributed by atoms with E-state index in [1.54, 1.807) is 0 Å². The Balaban J connectivity index is 2.02. The van der Waals surface area contributed by atoms with Gasteiger partial charge in [0.1, 0.15) is 0 Å². The summed E-state index contributed by atoms with van der Waals surface area (Å²) in [6.45, 7) is 3.60. The van der Waals surface area contributed by atoms with Gasteiger partial charge < -0.3 is 10.6 Å². The molecule has 3 heteroatoms. The number of hydrogen-bond acceptors (Lipinski definition) is 1. The van der Waals surface area contributed by atoms with Gasteiger partial charge in [-0.05, 0) is 24.8 Å². The average Bonchev–Trinajstić information content (AvgIpc) is 2.36. The fourth-order valence-corrected chi connectivity index (χ4v) is 1.58. The highest BCUT2D eigenvalue weighted by molar-refractivity contribution is 5.73. The van der Waals surface area contributed by atoms with Gasteiger partial charge in [-0.1, -0.05) is 43.7 Å². The zero-order valence-corrected chi connectivity index (χ0v) is 10.5. The molecule has 94 valence electrons. The Morgan fingerprint density at radius 2 is 1.71 bits per heavy atom. The summed E-state index contributed by atoms with van der Waals surface area (Å²) < 4.78 is 0. The molecule has 0 radical (unpaired) electrons. The summed E-state index contributed by atoms with van der Waals surface area (Å²) in [4.78, 5) is 11.3. The van der Waals surface area contributed by atoms with Gasteiger partial charge in [-0.15, -0.1) is 0 Å². The van der Waals surface area contributed by atoms with E-state index in [2.05, 4.69) is 29.7 Å². The third-order valence-corrected chi connectivity index (χ3v) is 2.59. The monoisotopic (exact) mass is 234 g/mol. The second kappa shape index (κ2) is 8.62. The largest absolute Gasteiger partial charge is 0.338 e. The third kappa shape index (κ3) is 6.61. The Kier molecular flexibility index (Phi) is 6.87. The van der Waals surface area contributed by atoms with Gasteiger partial charge in [0.25, 0.3) is 0 Å². The number of urea groups is 1.